The van der Waals surface area contributed by atoms with Crippen LogP contribution in [0, 0.1) is 0 Å². The van der Waals surface area contributed by atoms with Gasteiger partial charge < -0.3 is 20.1 Å². The Morgan fingerprint density at radius 2 is 1.81 bits per heavy atom. The van der Waals surface area contributed by atoms with E-state index in [0.717, 1.165) is 0 Å². The van der Waals surface area contributed by atoms with Gasteiger partial charge >= 0.3 is 12.1 Å². The number of alkyl carbamates (subject to hydrolysis) is 1. The fraction of sp³-hybridized carbons (Fsp3) is 0.824. The predicted octanol–water partition coefficient (Wildman–Crippen LogP) is 1.17. The van der Waals surface area contributed by atoms with E-state index in [1.54, 1.807) is 0 Å². The van der Waals surface area contributed by atoms with Crippen LogP contribution in [0.5, 0.6) is 0 Å². The van der Waals surface area contributed by atoms with Gasteiger partial charge in [0.05, 0.1) is 17.5 Å². The molecule has 2 atom stereocenters. The molecule has 156 valence electrons. The zero-order chi connectivity index (χ0) is 20.6. The summed E-state index contributed by atoms with van der Waals surface area (Å²) in [6.45, 7) is 5.85. The molecule has 0 spiro atoms. The number of rotatable bonds is 10. The van der Waals surface area contributed by atoms with Gasteiger partial charge in [-0.05, 0) is 12.8 Å². The van der Waals surface area contributed by atoms with E-state index >= 15 is 0 Å². The second-order valence-corrected chi connectivity index (χ2v) is 9.17. The summed E-state index contributed by atoms with van der Waals surface area (Å²) in [4.78, 5) is 36.3. The van der Waals surface area contributed by atoms with Crippen LogP contribution in [0.4, 0.5) is 4.79 Å². The predicted molar refractivity (Wildman–Crippen MR) is 99.1 cm³/mol. The van der Waals surface area contributed by atoms with Gasteiger partial charge in [-0.1, -0.05) is 26.7 Å². The third-order valence-electron chi connectivity index (χ3n) is 4.58. The van der Waals surface area contributed by atoms with Gasteiger partial charge in [-0.2, -0.15) is 0 Å². The smallest absolute Gasteiger partial charge is 0.408 e. The van der Waals surface area contributed by atoms with E-state index < -0.39 is 45.0 Å². The number of carboxylic acids is 1. The molecule has 0 bridgehead atoms. The molecular formula is C17H30N2O7S. The van der Waals surface area contributed by atoms with Crippen LogP contribution in [0.1, 0.15) is 52.9 Å². The molecule has 2 N–H and O–H groups in total. The first kappa shape index (κ1) is 23.2. The van der Waals surface area contributed by atoms with Crippen LogP contribution in [0.25, 0.3) is 0 Å². The molecule has 0 saturated carbocycles. The van der Waals surface area contributed by atoms with Crippen LogP contribution in [-0.2, 0) is 24.2 Å². The van der Waals surface area contributed by atoms with Crippen molar-refractivity contribution in [2.45, 2.75) is 70.3 Å². The Bertz CT molecular complexity index is 629. The average Bonchev–Trinajstić information content (AvgIpc) is 3.02. The third-order valence-corrected chi connectivity index (χ3v) is 6.87. The normalized spacial score (nSPS) is 18.4. The molecule has 1 rings (SSSR count). The van der Waals surface area contributed by atoms with Gasteiger partial charge in [-0.25, -0.2) is 18.0 Å². The lowest BCUT2D eigenvalue weighted by atomic mass is 10.2. The molecule has 0 aromatic rings. The summed E-state index contributed by atoms with van der Waals surface area (Å²) in [5, 5.41) is 10.8. The van der Waals surface area contributed by atoms with Gasteiger partial charge in [0.15, 0.2) is 9.84 Å². The molecule has 1 fully saturated rings. The second kappa shape index (κ2) is 10.5. The third kappa shape index (κ3) is 7.36. The Hall–Kier alpha value is -1.84. The minimum Gasteiger partial charge on any atom is -0.480 e. The molecule has 0 aromatic carbocycles. The van der Waals surface area contributed by atoms with E-state index in [1.807, 2.05) is 13.8 Å². The fourth-order valence-electron chi connectivity index (χ4n) is 3.13. The lowest BCUT2D eigenvalue weighted by Crippen LogP contribution is -2.48. The molecule has 10 heteroatoms. The van der Waals surface area contributed by atoms with Crippen LogP contribution in [0.2, 0.25) is 0 Å². The van der Waals surface area contributed by atoms with Gasteiger partial charge in [-0.3, -0.25) is 4.79 Å². The van der Waals surface area contributed by atoms with E-state index in [9.17, 15) is 27.9 Å². The fourth-order valence-corrected chi connectivity index (χ4v) is 5.28. The van der Waals surface area contributed by atoms with Crippen molar-refractivity contribution in [2.24, 2.45) is 0 Å². The molecule has 0 radical (unpaired) electrons. The molecule has 0 aliphatic carbocycles. The number of carboxylic acid groups (broad SMARTS) is 1. The molecule has 1 aliphatic rings. The molecule has 2 amide bonds. The SMILES string of the molecule is CCCC(CCC)S(=O)(=O)CC(NC(=O)O[C@@H]1CCN(C(C)=O)C1)C(=O)O. The number of ether oxygens (including phenoxy) is 1. The Labute approximate surface area is 160 Å². The number of sulfone groups is 1. The van der Waals surface area contributed by atoms with Crippen LogP contribution in [0.15, 0.2) is 0 Å². The van der Waals surface area contributed by atoms with Crippen LogP contribution in [0.3, 0.4) is 0 Å². The molecule has 27 heavy (non-hydrogen) atoms. The standard InChI is InChI=1S/C17H30N2O7S/c1-4-6-14(7-5-2)27(24,25)11-15(16(21)22)18-17(23)26-13-8-9-19(10-13)12(3)20/h13-15H,4-11H2,1-3H3,(H,18,23)(H,21,22)/t13-,15?/m1/s1. The summed E-state index contributed by atoms with van der Waals surface area (Å²) in [5.41, 5.74) is 0. The molecular weight excluding hydrogens is 376 g/mol. The van der Waals surface area contributed by atoms with Crippen molar-refractivity contribution in [3.8, 4) is 0 Å². The molecule has 1 heterocycles. The summed E-state index contributed by atoms with van der Waals surface area (Å²) >= 11 is 0. The first-order chi connectivity index (χ1) is 12.6. The first-order valence-corrected chi connectivity index (χ1v) is 11.0. The summed E-state index contributed by atoms with van der Waals surface area (Å²) in [7, 11) is -3.69. The highest BCUT2D eigenvalue weighted by Crippen LogP contribution is 2.17. The summed E-state index contributed by atoms with van der Waals surface area (Å²) in [6, 6.07) is -1.58. The van der Waals surface area contributed by atoms with Crippen molar-refractivity contribution >= 4 is 27.8 Å². The Morgan fingerprint density at radius 3 is 2.26 bits per heavy atom. The number of likely N-dealkylation sites (tertiary alicyclic amines) is 1. The average molecular weight is 407 g/mol. The van der Waals surface area contributed by atoms with Crippen molar-refractivity contribution in [1.82, 2.24) is 10.2 Å². The molecule has 1 unspecified atom stereocenters. The number of hydrogen-bond donors (Lipinski definition) is 2. The maximum absolute atomic E-state index is 12.6. The van der Waals surface area contributed by atoms with Crippen molar-refractivity contribution in [1.29, 1.82) is 0 Å². The minimum absolute atomic E-state index is 0.131. The number of aliphatic carboxylic acids is 1. The zero-order valence-corrected chi connectivity index (χ0v) is 17.0. The summed E-state index contributed by atoms with van der Waals surface area (Å²) in [5.74, 6) is -2.24. The van der Waals surface area contributed by atoms with E-state index in [1.165, 1.54) is 11.8 Å². The maximum atomic E-state index is 12.6. The number of nitrogens with one attached hydrogen (secondary N) is 1. The van der Waals surface area contributed by atoms with E-state index in [2.05, 4.69) is 5.32 Å². The Kier molecular flexibility index (Phi) is 9.01. The molecule has 1 aliphatic heterocycles. The summed E-state index contributed by atoms with van der Waals surface area (Å²) < 4.78 is 30.3. The van der Waals surface area contributed by atoms with Gasteiger partial charge in [0.2, 0.25) is 5.91 Å². The van der Waals surface area contributed by atoms with E-state index in [0.29, 0.717) is 38.6 Å². The van der Waals surface area contributed by atoms with E-state index in [-0.39, 0.29) is 12.5 Å². The zero-order valence-electron chi connectivity index (χ0n) is 16.1. The summed E-state index contributed by atoms with van der Waals surface area (Å²) in [6.07, 6.45) is 1.18. The largest absolute Gasteiger partial charge is 0.480 e. The molecule has 1 saturated heterocycles. The van der Waals surface area contributed by atoms with Crippen LogP contribution < -0.4 is 5.32 Å². The molecule has 0 aromatic heterocycles. The van der Waals surface area contributed by atoms with Gasteiger partial charge in [0, 0.05) is 19.9 Å². The van der Waals surface area contributed by atoms with Crippen LogP contribution in [-0.4, -0.2) is 72.6 Å². The number of amides is 2. The van der Waals surface area contributed by atoms with Crippen molar-refractivity contribution in [3.63, 3.8) is 0 Å². The number of nitrogens with zero attached hydrogens (tertiary/aromatic N) is 1. The van der Waals surface area contributed by atoms with Crippen molar-refractivity contribution in [3.05, 3.63) is 0 Å². The molecule has 9 nitrogen and oxygen atoms in total. The number of hydrogen-bond acceptors (Lipinski definition) is 6. The van der Waals surface area contributed by atoms with Gasteiger partial charge in [0.25, 0.3) is 0 Å². The second-order valence-electron chi connectivity index (χ2n) is 6.85. The first-order valence-electron chi connectivity index (χ1n) is 9.27. The highest BCUT2D eigenvalue weighted by atomic mass is 32.2. The Morgan fingerprint density at radius 1 is 1.22 bits per heavy atom. The monoisotopic (exact) mass is 406 g/mol. The highest BCUT2D eigenvalue weighted by molar-refractivity contribution is 7.92. The topological polar surface area (TPSA) is 130 Å². The number of carbonyl (C=O) groups excluding carboxylic acids is 2. The van der Waals surface area contributed by atoms with Gasteiger partial charge in [-0.15, -0.1) is 0 Å². The van der Waals surface area contributed by atoms with Crippen LogP contribution >= 0.6 is 0 Å². The minimum atomic E-state index is -3.69. The van der Waals surface area contributed by atoms with Crippen molar-refractivity contribution in [2.75, 3.05) is 18.8 Å². The maximum Gasteiger partial charge on any atom is 0.408 e. The van der Waals surface area contributed by atoms with Gasteiger partial charge in [0.1, 0.15) is 12.1 Å². The van der Waals surface area contributed by atoms with Crippen molar-refractivity contribution < 1.29 is 32.6 Å². The Balaban J connectivity index is 2.69. The number of carbonyl (C=O) groups is 3. The lowest BCUT2D eigenvalue weighted by molar-refractivity contribution is -0.138. The van der Waals surface area contributed by atoms with E-state index in [4.69, 9.17) is 4.74 Å². The lowest BCUT2D eigenvalue weighted by Gasteiger charge is -2.21. The quantitative estimate of drug-likeness (QED) is 0.557. The highest BCUT2D eigenvalue weighted by Gasteiger charge is 2.33.